The highest BCUT2D eigenvalue weighted by Crippen LogP contribution is 2.25. The van der Waals surface area contributed by atoms with Crippen LogP contribution in [0.15, 0.2) is 41.3 Å². The minimum Gasteiger partial charge on any atom is -0.352 e. The number of hydrogen-bond acceptors (Lipinski definition) is 4. The van der Waals surface area contributed by atoms with Crippen LogP contribution in [0.5, 0.6) is 0 Å². The van der Waals surface area contributed by atoms with Gasteiger partial charge in [0.1, 0.15) is 0 Å². The van der Waals surface area contributed by atoms with Gasteiger partial charge in [-0.2, -0.15) is 0 Å². The Bertz CT molecular complexity index is 1020. The third-order valence-corrected chi connectivity index (χ3v) is 6.48. The number of aryl methyl sites for hydroxylation is 1. The van der Waals surface area contributed by atoms with Gasteiger partial charge in [0.05, 0.1) is 4.90 Å². The molecule has 0 unspecified atom stereocenters. The van der Waals surface area contributed by atoms with Gasteiger partial charge >= 0.3 is 0 Å². The molecule has 0 aromatic heterocycles. The van der Waals surface area contributed by atoms with E-state index in [1.807, 2.05) is 0 Å². The molecule has 9 heteroatoms. The third-order valence-electron chi connectivity index (χ3n) is 4.44. The van der Waals surface area contributed by atoms with E-state index < -0.39 is 10.0 Å². The zero-order valence-corrected chi connectivity index (χ0v) is 18.3. The van der Waals surface area contributed by atoms with E-state index in [1.54, 1.807) is 44.2 Å². The Balaban J connectivity index is 2.02. The summed E-state index contributed by atoms with van der Waals surface area (Å²) in [4.78, 5) is 24.5. The molecule has 0 radical (unpaired) electrons. The van der Waals surface area contributed by atoms with Crippen molar-refractivity contribution in [3.05, 3.63) is 58.1 Å². The van der Waals surface area contributed by atoms with Crippen molar-refractivity contribution < 1.29 is 18.0 Å². The molecule has 0 aliphatic carbocycles. The first kappa shape index (κ1) is 22.9. The van der Waals surface area contributed by atoms with Crippen LogP contribution in [0, 0.1) is 13.8 Å². The number of halogens is 1. The van der Waals surface area contributed by atoms with Crippen LogP contribution in [-0.2, 0) is 14.8 Å². The summed E-state index contributed by atoms with van der Waals surface area (Å²) in [6.07, 6.45) is 0.0441. The molecule has 2 rings (SSSR count). The van der Waals surface area contributed by atoms with Crippen LogP contribution >= 0.6 is 11.6 Å². The molecule has 29 heavy (non-hydrogen) atoms. The first-order valence-corrected chi connectivity index (χ1v) is 10.7. The molecule has 0 heterocycles. The Labute approximate surface area is 176 Å². The standard InChI is InChI=1S/C20H24ClN3O4S/c1-13-11-17(29(27,28)24(3)4)12-18(14(13)2)23-19(25)9-10-22-20(26)15-5-7-16(21)8-6-15/h5-8,11-12H,9-10H2,1-4H3,(H,22,26)(H,23,25). The monoisotopic (exact) mass is 437 g/mol. The van der Waals surface area contributed by atoms with E-state index in [4.69, 9.17) is 11.6 Å². The lowest BCUT2D eigenvalue weighted by molar-refractivity contribution is -0.116. The van der Waals surface area contributed by atoms with Gasteiger partial charge in [0.2, 0.25) is 15.9 Å². The molecule has 2 aromatic carbocycles. The minimum absolute atomic E-state index is 0.0441. The van der Waals surface area contributed by atoms with Crippen LogP contribution in [0.25, 0.3) is 0 Å². The van der Waals surface area contributed by atoms with Crippen molar-refractivity contribution in [2.45, 2.75) is 25.2 Å². The minimum atomic E-state index is -3.62. The quantitative estimate of drug-likeness (QED) is 0.696. The van der Waals surface area contributed by atoms with E-state index in [2.05, 4.69) is 10.6 Å². The third kappa shape index (κ3) is 5.79. The Kier molecular flexibility index (Phi) is 7.40. The first-order valence-electron chi connectivity index (χ1n) is 8.89. The first-order chi connectivity index (χ1) is 13.5. The summed E-state index contributed by atoms with van der Waals surface area (Å²) in [6, 6.07) is 9.45. The van der Waals surface area contributed by atoms with Gasteiger partial charge in [-0.05, 0) is 61.4 Å². The maximum atomic E-state index is 12.4. The highest BCUT2D eigenvalue weighted by molar-refractivity contribution is 7.89. The zero-order chi connectivity index (χ0) is 21.8. The van der Waals surface area contributed by atoms with Crippen molar-refractivity contribution in [1.29, 1.82) is 0 Å². The van der Waals surface area contributed by atoms with Gasteiger partial charge in [0.25, 0.3) is 5.91 Å². The molecule has 0 saturated carbocycles. The number of benzene rings is 2. The number of amides is 2. The molecule has 2 N–H and O–H groups in total. The number of nitrogens with zero attached hydrogens (tertiary/aromatic N) is 1. The summed E-state index contributed by atoms with van der Waals surface area (Å²) < 4.78 is 25.9. The van der Waals surface area contributed by atoms with Gasteiger partial charge < -0.3 is 10.6 Å². The fourth-order valence-corrected chi connectivity index (χ4v) is 3.66. The van der Waals surface area contributed by atoms with Crippen molar-refractivity contribution >= 4 is 39.1 Å². The van der Waals surface area contributed by atoms with Gasteiger partial charge in [-0.3, -0.25) is 9.59 Å². The summed E-state index contributed by atoms with van der Waals surface area (Å²) in [5, 5.41) is 5.93. The fraction of sp³-hybridized carbons (Fsp3) is 0.300. The number of anilines is 1. The number of carbonyl (C=O) groups is 2. The SMILES string of the molecule is Cc1cc(S(=O)(=O)N(C)C)cc(NC(=O)CCNC(=O)c2ccc(Cl)cc2)c1C. The van der Waals surface area contributed by atoms with Gasteiger partial charge in [-0.25, -0.2) is 12.7 Å². The molecule has 0 bridgehead atoms. The van der Waals surface area contributed by atoms with E-state index in [-0.39, 0.29) is 29.7 Å². The fourth-order valence-electron chi connectivity index (χ4n) is 2.52. The molecule has 0 saturated heterocycles. The Morgan fingerprint density at radius 2 is 1.69 bits per heavy atom. The van der Waals surface area contributed by atoms with Crippen LogP contribution in [-0.4, -0.2) is 45.2 Å². The average Bonchev–Trinajstić information content (AvgIpc) is 2.65. The normalized spacial score (nSPS) is 11.4. The molecule has 2 amide bonds. The lowest BCUT2D eigenvalue weighted by Crippen LogP contribution is -2.28. The molecule has 156 valence electrons. The van der Waals surface area contributed by atoms with E-state index in [1.165, 1.54) is 20.2 Å². The summed E-state index contributed by atoms with van der Waals surface area (Å²) in [6.45, 7) is 3.73. The van der Waals surface area contributed by atoms with E-state index in [0.717, 1.165) is 15.4 Å². The van der Waals surface area contributed by atoms with Crippen LogP contribution in [0.1, 0.15) is 27.9 Å². The molecule has 0 spiro atoms. The molecule has 2 aromatic rings. The summed E-state index contributed by atoms with van der Waals surface area (Å²) >= 11 is 5.79. The molecular weight excluding hydrogens is 414 g/mol. The number of rotatable bonds is 7. The summed E-state index contributed by atoms with van der Waals surface area (Å²) in [5.41, 5.74) is 2.41. The van der Waals surface area contributed by atoms with Gasteiger partial charge in [0.15, 0.2) is 0 Å². The summed E-state index contributed by atoms with van der Waals surface area (Å²) in [5.74, 6) is -0.635. The van der Waals surface area contributed by atoms with Crippen molar-refractivity contribution in [1.82, 2.24) is 9.62 Å². The second kappa shape index (κ2) is 9.39. The molecule has 0 fully saturated rings. The molecule has 0 aliphatic heterocycles. The molecule has 0 aliphatic rings. The Hall–Kier alpha value is -2.42. The Morgan fingerprint density at radius 1 is 1.07 bits per heavy atom. The molecular formula is C20H24ClN3O4S. The van der Waals surface area contributed by atoms with Crippen molar-refractivity contribution in [3.8, 4) is 0 Å². The lowest BCUT2D eigenvalue weighted by Gasteiger charge is -2.16. The number of hydrogen-bond donors (Lipinski definition) is 2. The van der Waals surface area contributed by atoms with Crippen LogP contribution in [0.4, 0.5) is 5.69 Å². The van der Waals surface area contributed by atoms with Crippen molar-refractivity contribution in [2.75, 3.05) is 26.0 Å². The second-order valence-electron chi connectivity index (χ2n) is 6.76. The number of nitrogens with one attached hydrogen (secondary N) is 2. The average molecular weight is 438 g/mol. The second-order valence-corrected chi connectivity index (χ2v) is 9.35. The van der Waals surface area contributed by atoms with Crippen LogP contribution < -0.4 is 10.6 Å². The van der Waals surface area contributed by atoms with Crippen LogP contribution in [0.2, 0.25) is 5.02 Å². The predicted molar refractivity (Wildman–Crippen MR) is 114 cm³/mol. The number of sulfonamides is 1. The highest BCUT2D eigenvalue weighted by atomic mass is 35.5. The van der Waals surface area contributed by atoms with Crippen molar-refractivity contribution in [3.63, 3.8) is 0 Å². The topological polar surface area (TPSA) is 95.6 Å². The van der Waals surface area contributed by atoms with Crippen molar-refractivity contribution in [2.24, 2.45) is 0 Å². The lowest BCUT2D eigenvalue weighted by atomic mass is 10.1. The predicted octanol–water partition coefficient (Wildman–Crippen LogP) is 2.97. The van der Waals surface area contributed by atoms with E-state index >= 15 is 0 Å². The van der Waals surface area contributed by atoms with Crippen LogP contribution in [0.3, 0.4) is 0 Å². The Morgan fingerprint density at radius 3 is 2.28 bits per heavy atom. The maximum Gasteiger partial charge on any atom is 0.251 e. The number of carbonyl (C=O) groups excluding carboxylic acids is 2. The van der Waals surface area contributed by atoms with Gasteiger partial charge in [0, 0.05) is 43.3 Å². The van der Waals surface area contributed by atoms with Gasteiger partial charge in [-0.15, -0.1) is 0 Å². The highest BCUT2D eigenvalue weighted by Gasteiger charge is 2.20. The van der Waals surface area contributed by atoms with Gasteiger partial charge in [-0.1, -0.05) is 11.6 Å². The smallest absolute Gasteiger partial charge is 0.251 e. The zero-order valence-electron chi connectivity index (χ0n) is 16.7. The largest absolute Gasteiger partial charge is 0.352 e. The maximum absolute atomic E-state index is 12.4. The van der Waals surface area contributed by atoms with E-state index in [9.17, 15) is 18.0 Å². The van der Waals surface area contributed by atoms with E-state index in [0.29, 0.717) is 16.3 Å². The summed E-state index contributed by atoms with van der Waals surface area (Å²) in [7, 11) is -0.720. The molecule has 0 atom stereocenters. The molecule has 7 nitrogen and oxygen atoms in total.